The summed E-state index contributed by atoms with van der Waals surface area (Å²) >= 11 is 0. The zero-order valence-electron chi connectivity index (χ0n) is 36.5. The van der Waals surface area contributed by atoms with Gasteiger partial charge in [-0.05, 0) is 107 Å². The molecule has 316 valence electrons. The topological polar surface area (TPSA) is 69.6 Å². The quantitative estimate of drug-likeness (QED) is 0.156. The molecular weight excluding hydrogens is 831 g/mol. The standard InChI is InChI=1S/C62H37N5O/c1-3-15-39(16-4-1)59-49-30-33-56-58(57(49)48-23-9-11-24-52(48)63-59)51-37-45(29-32-55(51)68-56)62-65-60(43-19-13-18-41(35-43)42-27-26-38-14-7-8-17-40(38)34-42)64-61(66-62)44-28-31-54-50(36-44)47-22-10-12-25-53(47)67(54)46-20-5-2-6-21-46/h1-37H. The molecule has 0 spiro atoms. The van der Waals surface area contributed by atoms with Crippen LogP contribution in [0.1, 0.15) is 0 Å². The summed E-state index contributed by atoms with van der Waals surface area (Å²) in [5.41, 5.74) is 12.8. The Labute approximate surface area is 390 Å². The van der Waals surface area contributed by atoms with Crippen molar-refractivity contribution in [1.29, 1.82) is 0 Å². The number of benzene rings is 10. The van der Waals surface area contributed by atoms with Crippen LogP contribution in [-0.2, 0) is 0 Å². The van der Waals surface area contributed by atoms with Crippen LogP contribution in [0, 0.1) is 0 Å². The van der Waals surface area contributed by atoms with Crippen LogP contribution in [0.5, 0.6) is 0 Å². The van der Waals surface area contributed by atoms with Gasteiger partial charge in [0, 0.05) is 65.6 Å². The molecule has 0 unspecified atom stereocenters. The Bertz CT molecular complexity index is 4330. The van der Waals surface area contributed by atoms with Gasteiger partial charge < -0.3 is 8.98 Å². The molecule has 14 aromatic rings. The van der Waals surface area contributed by atoms with Crippen LogP contribution in [0.25, 0.3) is 138 Å². The molecule has 0 atom stereocenters. The summed E-state index contributed by atoms with van der Waals surface area (Å²) < 4.78 is 8.97. The van der Waals surface area contributed by atoms with Gasteiger partial charge >= 0.3 is 0 Å². The molecule has 0 radical (unpaired) electrons. The van der Waals surface area contributed by atoms with E-state index in [0.717, 1.165) is 110 Å². The van der Waals surface area contributed by atoms with Gasteiger partial charge in [-0.2, -0.15) is 0 Å². The number of hydrogen-bond donors (Lipinski definition) is 0. The highest BCUT2D eigenvalue weighted by molar-refractivity contribution is 6.28. The third kappa shape index (κ3) is 6.12. The molecule has 0 N–H and O–H groups in total. The summed E-state index contributed by atoms with van der Waals surface area (Å²) in [6.07, 6.45) is 0. The van der Waals surface area contributed by atoms with Crippen LogP contribution < -0.4 is 0 Å². The maximum absolute atomic E-state index is 6.65. The molecule has 4 heterocycles. The van der Waals surface area contributed by atoms with Crippen molar-refractivity contribution in [3.8, 4) is 62.2 Å². The second-order valence-corrected chi connectivity index (χ2v) is 17.4. The van der Waals surface area contributed by atoms with Crippen molar-refractivity contribution in [3.05, 3.63) is 224 Å². The fourth-order valence-corrected chi connectivity index (χ4v) is 10.2. The first kappa shape index (κ1) is 38.1. The number of pyridine rings is 1. The maximum atomic E-state index is 6.65. The Morgan fingerprint density at radius 2 is 0.897 bits per heavy atom. The summed E-state index contributed by atoms with van der Waals surface area (Å²) in [5.74, 6) is 1.75. The Hall–Kier alpha value is -9.26. The lowest BCUT2D eigenvalue weighted by Crippen LogP contribution is -2.00. The van der Waals surface area contributed by atoms with Gasteiger partial charge in [0.25, 0.3) is 0 Å². The second kappa shape index (κ2) is 15.2. The Kier molecular flexibility index (Phi) is 8.48. The molecule has 0 aliphatic carbocycles. The van der Waals surface area contributed by atoms with Crippen molar-refractivity contribution in [2.75, 3.05) is 0 Å². The van der Waals surface area contributed by atoms with E-state index in [-0.39, 0.29) is 0 Å². The van der Waals surface area contributed by atoms with Gasteiger partial charge in [-0.25, -0.2) is 19.9 Å². The summed E-state index contributed by atoms with van der Waals surface area (Å²) in [4.78, 5) is 21.2. The smallest absolute Gasteiger partial charge is 0.164 e. The first-order valence-corrected chi connectivity index (χ1v) is 22.9. The van der Waals surface area contributed by atoms with Crippen molar-refractivity contribution in [3.63, 3.8) is 0 Å². The largest absolute Gasteiger partial charge is 0.456 e. The molecule has 10 aromatic carbocycles. The lowest BCUT2D eigenvalue weighted by molar-refractivity contribution is 0.669. The number of rotatable bonds is 6. The van der Waals surface area contributed by atoms with Crippen LogP contribution in [0.3, 0.4) is 0 Å². The molecular formula is C62H37N5O. The second-order valence-electron chi connectivity index (χ2n) is 17.4. The van der Waals surface area contributed by atoms with Crippen LogP contribution in [0.2, 0.25) is 0 Å². The minimum Gasteiger partial charge on any atom is -0.456 e. The number of nitrogens with zero attached hydrogens (tertiary/aromatic N) is 5. The van der Waals surface area contributed by atoms with Crippen molar-refractivity contribution < 1.29 is 4.42 Å². The molecule has 68 heavy (non-hydrogen) atoms. The summed E-state index contributed by atoms with van der Waals surface area (Å²) in [6.45, 7) is 0. The van der Waals surface area contributed by atoms with Gasteiger partial charge in [-0.1, -0.05) is 140 Å². The molecule has 0 bridgehead atoms. The summed E-state index contributed by atoms with van der Waals surface area (Å²) in [5, 5.41) is 9.94. The van der Waals surface area contributed by atoms with E-state index in [2.05, 4.69) is 211 Å². The van der Waals surface area contributed by atoms with E-state index in [9.17, 15) is 0 Å². The highest BCUT2D eigenvalue weighted by Crippen LogP contribution is 2.43. The highest BCUT2D eigenvalue weighted by Gasteiger charge is 2.21. The van der Waals surface area contributed by atoms with Gasteiger partial charge in [-0.3, -0.25) is 0 Å². The molecule has 0 aliphatic rings. The van der Waals surface area contributed by atoms with Crippen LogP contribution in [0.4, 0.5) is 0 Å². The van der Waals surface area contributed by atoms with Gasteiger partial charge in [0.1, 0.15) is 11.2 Å². The van der Waals surface area contributed by atoms with Gasteiger partial charge in [0.2, 0.25) is 0 Å². The van der Waals surface area contributed by atoms with Gasteiger partial charge in [0.15, 0.2) is 17.5 Å². The third-order valence-electron chi connectivity index (χ3n) is 13.4. The fourth-order valence-electron chi connectivity index (χ4n) is 10.2. The molecule has 0 saturated carbocycles. The molecule has 0 saturated heterocycles. The fraction of sp³-hybridized carbons (Fsp3) is 0. The predicted molar refractivity (Wildman–Crippen MR) is 279 cm³/mol. The lowest BCUT2D eigenvalue weighted by atomic mass is 9.96. The van der Waals surface area contributed by atoms with Crippen molar-refractivity contribution >= 4 is 76.2 Å². The molecule has 6 heteroatoms. The van der Waals surface area contributed by atoms with Crippen molar-refractivity contribution in [1.82, 2.24) is 24.5 Å². The number of fused-ring (bicyclic) bond motifs is 11. The average molecular weight is 868 g/mol. The number of furan rings is 1. The normalized spacial score (nSPS) is 11.8. The van der Waals surface area contributed by atoms with Gasteiger partial charge in [-0.15, -0.1) is 0 Å². The van der Waals surface area contributed by atoms with E-state index in [0.29, 0.717) is 17.5 Å². The van der Waals surface area contributed by atoms with Gasteiger partial charge in [0.05, 0.1) is 22.2 Å². The number of para-hydroxylation sites is 3. The van der Waals surface area contributed by atoms with Crippen LogP contribution in [0.15, 0.2) is 229 Å². The van der Waals surface area contributed by atoms with E-state index in [4.69, 9.17) is 24.4 Å². The minimum atomic E-state index is 0.570. The van der Waals surface area contributed by atoms with E-state index in [1.807, 2.05) is 18.2 Å². The lowest BCUT2D eigenvalue weighted by Gasteiger charge is -2.12. The monoisotopic (exact) mass is 867 g/mol. The first-order chi connectivity index (χ1) is 33.7. The zero-order valence-corrected chi connectivity index (χ0v) is 36.5. The SMILES string of the molecule is c1ccc(-c2nc3ccccc3c3c2ccc2oc4ccc(-c5nc(-c6cccc(-c7ccc8ccccc8c7)c6)nc(-c6ccc7c(c6)c6ccccc6n7-c6ccccc6)n5)cc4c23)cc1. The van der Waals surface area contributed by atoms with Crippen molar-refractivity contribution in [2.24, 2.45) is 0 Å². The molecule has 4 aromatic heterocycles. The molecule has 0 amide bonds. The first-order valence-electron chi connectivity index (χ1n) is 22.9. The number of hydrogen-bond acceptors (Lipinski definition) is 5. The summed E-state index contributed by atoms with van der Waals surface area (Å²) in [6, 6.07) is 78.6. The Morgan fingerprint density at radius 1 is 0.309 bits per heavy atom. The van der Waals surface area contributed by atoms with E-state index in [1.54, 1.807) is 0 Å². The molecule has 0 fully saturated rings. The van der Waals surface area contributed by atoms with Crippen LogP contribution in [-0.4, -0.2) is 24.5 Å². The number of aromatic nitrogens is 5. The average Bonchev–Trinajstić information content (AvgIpc) is 3.96. The zero-order chi connectivity index (χ0) is 44.7. The maximum Gasteiger partial charge on any atom is 0.164 e. The van der Waals surface area contributed by atoms with Crippen molar-refractivity contribution in [2.45, 2.75) is 0 Å². The molecule has 14 rings (SSSR count). The molecule has 0 aliphatic heterocycles. The van der Waals surface area contributed by atoms with E-state index >= 15 is 0 Å². The Balaban J connectivity index is 0.991. The molecule has 6 nitrogen and oxygen atoms in total. The van der Waals surface area contributed by atoms with E-state index < -0.39 is 0 Å². The third-order valence-corrected chi connectivity index (χ3v) is 13.4. The predicted octanol–water partition coefficient (Wildman–Crippen LogP) is 16.1. The Morgan fingerprint density at radius 3 is 1.72 bits per heavy atom. The minimum absolute atomic E-state index is 0.570. The van der Waals surface area contributed by atoms with E-state index in [1.165, 1.54) is 10.8 Å². The summed E-state index contributed by atoms with van der Waals surface area (Å²) in [7, 11) is 0. The highest BCUT2D eigenvalue weighted by atomic mass is 16.3. The van der Waals surface area contributed by atoms with Crippen LogP contribution >= 0.6 is 0 Å².